The van der Waals surface area contributed by atoms with Crippen LogP contribution >= 0.6 is 0 Å². The fourth-order valence-electron chi connectivity index (χ4n) is 3.90. The van der Waals surface area contributed by atoms with E-state index in [1.165, 1.54) is 11.1 Å². The Bertz CT molecular complexity index is 863. The second kappa shape index (κ2) is 11.7. The summed E-state index contributed by atoms with van der Waals surface area (Å²) in [4.78, 5) is 7.04. The van der Waals surface area contributed by atoms with Crippen molar-refractivity contribution < 1.29 is 14.6 Å². The normalized spacial score (nSPS) is 17.8. The minimum atomic E-state index is -0.617. The number of aryl methyl sites for hydroxylation is 1. The highest BCUT2D eigenvalue weighted by molar-refractivity contribution is 5.80. The van der Waals surface area contributed by atoms with Crippen LogP contribution in [0.4, 0.5) is 0 Å². The van der Waals surface area contributed by atoms with Crippen LogP contribution in [-0.2, 0) is 6.54 Å². The highest BCUT2D eigenvalue weighted by Gasteiger charge is 2.23. The van der Waals surface area contributed by atoms with Gasteiger partial charge in [-0.1, -0.05) is 29.8 Å². The lowest BCUT2D eigenvalue weighted by molar-refractivity contribution is 0.187. The van der Waals surface area contributed by atoms with E-state index in [-0.39, 0.29) is 0 Å². The van der Waals surface area contributed by atoms with E-state index in [1.807, 2.05) is 44.2 Å². The van der Waals surface area contributed by atoms with Gasteiger partial charge in [0.15, 0.2) is 5.96 Å². The maximum atomic E-state index is 10.5. The first-order valence-electron chi connectivity index (χ1n) is 11.2. The quantitative estimate of drug-likeness (QED) is 0.411. The fourth-order valence-corrected chi connectivity index (χ4v) is 3.90. The molecule has 1 aliphatic heterocycles. The number of likely N-dealkylation sites (tertiary alicyclic amines) is 1. The van der Waals surface area contributed by atoms with E-state index in [4.69, 9.17) is 9.47 Å². The van der Waals surface area contributed by atoms with Gasteiger partial charge in [-0.3, -0.25) is 9.89 Å². The second-order valence-corrected chi connectivity index (χ2v) is 8.23. The number of benzene rings is 2. The van der Waals surface area contributed by atoms with Crippen LogP contribution in [-0.4, -0.2) is 62.4 Å². The van der Waals surface area contributed by atoms with E-state index in [1.54, 1.807) is 14.2 Å². The summed E-state index contributed by atoms with van der Waals surface area (Å²) in [5.74, 6) is 2.36. The van der Waals surface area contributed by atoms with Crippen molar-refractivity contribution in [1.29, 1.82) is 0 Å². The molecule has 32 heavy (non-hydrogen) atoms. The molecule has 1 saturated heterocycles. The van der Waals surface area contributed by atoms with Gasteiger partial charge in [0.05, 0.1) is 26.9 Å². The maximum Gasteiger partial charge on any atom is 0.191 e. The Hall–Kier alpha value is -2.77. The molecule has 2 unspecified atom stereocenters. The summed E-state index contributed by atoms with van der Waals surface area (Å²) < 4.78 is 10.8. The number of rotatable bonds is 9. The number of nitrogens with zero attached hydrogens (tertiary/aromatic N) is 2. The standard InChI is InChI=1S/C25H36N4O3/c1-5-26-25(27-15-24(30)20-8-6-18(2)7-9-20)28-21-10-11-29(17-21)16-19-12-22(31-3)14-23(13-19)32-4/h6-9,12-14,21,24,30H,5,10-11,15-17H2,1-4H3,(H2,26,27,28). The molecule has 0 bridgehead atoms. The summed E-state index contributed by atoms with van der Waals surface area (Å²) in [6.45, 7) is 7.94. The maximum absolute atomic E-state index is 10.5. The topological polar surface area (TPSA) is 78.4 Å². The van der Waals surface area contributed by atoms with Gasteiger partial charge in [0.1, 0.15) is 11.5 Å². The molecule has 0 aliphatic carbocycles. The summed E-state index contributed by atoms with van der Waals surface area (Å²) >= 11 is 0. The van der Waals surface area contributed by atoms with Crippen molar-refractivity contribution in [3.8, 4) is 11.5 Å². The molecule has 0 aromatic heterocycles. The third kappa shape index (κ3) is 6.87. The zero-order valence-corrected chi connectivity index (χ0v) is 19.6. The van der Waals surface area contributed by atoms with Crippen molar-refractivity contribution in [3.05, 3.63) is 59.2 Å². The van der Waals surface area contributed by atoms with Crippen LogP contribution in [0.2, 0.25) is 0 Å². The van der Waals surface area contributed by atoms with E-state index in [9.17, 15) is 5.11 Å². The van der Waals surface area contributed by atoms with Crippen LogP contribution < -0.4 is 20.1 Å². The molecule has 0 saturated carbocycles. The number of hydrogen-bond donors (Lipinski definition) is 3. The largest absolute Gasteiger partial charge is 0.497 e. The number of methoxy groups -OCH3 is 2. The second-order valence-electron chi connectivity index (χ2n) is 8.23. The van der Waals surface area contributed by atoms with Gasteiger partial charge < -0.3 is 25.2 Å². The fraction of sp³-hybridized carbons (Fsp3) is 0.480. The number of nitrogens with one attached hydrogen (secondary N) is 2. The average Bonchev–Trinajstić information content (AvgIpc) is 3.24. The van der Waals surface area contributed by atoms with E-state index in [2.05, 4.69) is 32.7 Å². The van der Waals surface area contributed by atoms with Crippen molar-refractivity contribution >= 4 is 5.96 Å². The highest BCUT2D eigenvalue weighted by Crippen LogP contribution is 2.24. The predicted molar refractivity (Wildman–Crippen MR) is 128 cm³/mol. The summed E-state index contributed by atoms with van der Waals surface area (Å²) in [6.07, 6.45) is 0.417. The minimum Gasteiger partial charge on any atom is -0.497 e. The van der Waals surface area contributed by atoms with Crippen LogP contribution in [0, 0.1) is 6.92 Å². The van der Waals surface area contributed by atoms with E-state index < -0.39 is 6.10 Å². The highest BCUT2D eigenvalue weighted by atomic mass is 16.5. The summed E-state index contributed by atoms with van der Waals surface area (Å²) in [7, 11) is 3.34. The number of aliphatic hydroxyl groups is 1. The third-order valence-electron chi connectivity index (χ3n) is 5.66. The lowest BCUT2D eigenvalue weighted by Crippen LogP contribution is -2.44. The molecule has 1 fully saturated rings. The van der Waals surface area contributed by atoms with Gasteiger partial charge in [0.25, 0.3) is 0 Å². The molecule has 0 amide bonds. The molecule has 3 N–H and O–H groups in total. The molecule has 3 rings (SSSR count). The Morgan fingerprint density at radius 3 is 2.47 bits per heavy atom. The Labute approximate surface area is 191 Å². The average molecular weight is 441 g/mol. The minimum absolute atomic E-state index is 0.303. The number of aliphatic imine (C=N–C) groups is 1. The van der Waals surface area contributed by atoms with Gasteiger partial charge in [0, 0.05) is 38.3 Å². The lowest BCUT2D eigenvalue weighted by Gasteiger charge is -2.20. The number of hydrogen-bond acceptors (Lipinski definition) is 5. The van der Waals surface area contributed by atoms with Crippen LogP contribution in [0.5, 0.6) is 11.5 Å². The first kappa shape index (κ1) is 23.9. The third-order valence-corrected chi connectivity index (χ3v) is 5.66. The molecular formula is C25H36N4O3. The molecule has 0 spiro atoms. The molecule has 7 heteroatoms. The zero-order chi connectivity index (χ0) is 22.9. The monoisotopic (exact) mass is 440 g/mol. The van der Waals surface area contributed by atoms with Gasteiger partial charge in [0.2, 0.25) is 0 Å². The number of aliphatic hydroxyl groups excluding tert-OH is 1. The van der Waals surface area contributed by atoms with Crippen molar-refractivity contribution in [3.63, 3.8) is 0 Å². The molecule has 174 valence electrons. The first-order chi connectivity index (χ1) is 15.5. The number of ether oxygens (including phenoxy) is 2. The van der Waals surface area contributed by atoms with Gasteiger partial charge in [-0.15, -0.1) is 0 Å². The van der Waals surface area contributed by atoms with Crippen LogP contribution in [0.1, 0.15) is 36.1 Å². The smallest absolute Gasteiger partial charge is 0.191 e. The molecule has 2 aromatic rings. The summed E-state index contributed by atoms with van der Waals surface area (Å²) in [6, 6.07) is 14.2. The van der Waals surface area contributed by atoms with Gasteiger partial charge in [-0.05, 0) is 43.5 Å². The molecule has 2 atom stereocenters. The SMILES string of the molecule is CCNC(=NCC(O)c1ccc(C)cc1)NC1CCN(Cc2cc(OC)cc(OC)c2)C1. The Kier molecular flexibility index (Phi) is 8.76. The summed E-state index contributed by atoms with van der Waals surface area (Å²) in [5, 5.41) is 17.3. The van der Waals surface area contributed by atoms with Crippen molar-refractivity contribution in [2.45, 2.75) is 39.0 Å². The Morgan fingerprint density at radius 1 is 1.16 bits per heavy atom. The van der Waals surface area contributed by atoms with Gasteiger partial charge in [-0.2, -0.15) is 0 Å². The molecular weight excluding hydrogens is 404 g/mol. The molecule has 2 aromatic carbocycles. The number of guanidine groups is 1. The van der Waals surface area contributed by atoms with E-state index >= 15 is 0 Å². The predicted octanol–water partition coefficient (Wildman–Crippen LogP) is 2.88. The Morgan fingerprint density at radius 2 is 1.84 bits per heavy atom. The van der Waals surface area contributed by atoms with Crippen molar-refractivity contribution in [2.75, 3.05) is 40.4 Å². The zero-order valence-electron chi connectivity index (χ0n) is 19.6. The van der Waals surface area contributed by atoms with Crippen LogP contribution in [0.3, 0.4) is 0 Å². The van der Waals surface area contributed by atoms with Crippen molar-refractivity contribution in [2.24, 2.45) is 4.99 Å². The van der Waals surface area contributed by atoms with E-state index in [0.717, 1.165) is 55.6 Å². The molecule has 7 nitrogen and oxygen atoms in total. The molecule has 1 aliphatic rings. The Balaban J connectivity index is 1.56. The van der Waals surface area contributed by atoms with Crippen LogP contribution in [0.25, 0.3) is 0 Å². The van der Waals surface area contributed by atoms with Crippen molar-refractivity contribution in [1.82, 2.24) is 15.5 Å². The lowest BCUT2D eigenvalue weighted by atomic mass is 10.1. The summed E-state index contributed by atoms with van der Waals surface area (Å²) in [5.41, 5.74) is 3.23. The molecule has 0 radical (unpaired) electrons. The van der Waals surface area contributed by atoms with Gasteiger partial charge in [-0.25, -0.2) is 0 Å². The first-order valence-corrected chi connectivity index (χ1v) is 11.2. The van der Waals surface area contributed by atoms with Crippen LogP contribution in [0.15, 0.2) is 47.5 Å². The van der Waals surface area contributed by atoms with E-state index in [0.29, 0.717) is 12.6 Å². The van der Waals surface area contributed by atoms with Gasteiger partial charge >= 0.3 is 0 Å². The molecule has 1 heterocycles.